The molecule has 23 heavy (non-hydrogen) atoms. The Kier molecular flexibility index (Phi) is 4.88. The zero-order valence-electron chi connectivity index (χ0n) is 12.5. The molecule has 1 aliphatic carbocycles. The number of tetrazole rings is 1. The Morgan fingerprint density at radius 3 is 2.78 bits per heavy atom. The van der Waals surface area contributed by atoms with E-state index in [1.807, 2.05) is 0 Å². The van der Waals surface area contributed by atoms with Crippen LogP contribution in [0.4, 0.5) is 0 Å². The van der Waals surface area contributed by atoms with Gasteiger partial charge in [-0.05, 0) is 54.7 Å². The van der Waals surface area contributed by atoms with E-state index in [1.54, 1.807) is 24.3 Å². The Bertz CT molecular complexity index is 669. The highest BCUT2D eigenvalue weighted by atomic mass is 35.5. The lowest BCUT2D eigenvalue weighted by Gasteiger charge is -2.16. The van der Waals surface area contributed by atoms with Crippen molar-refractivity contribution in [1.82, 2.24) is 25.5 Å². The molecular formula is C15H18ClN5O2. The molecule has 0 aliphatic heterocycles. The summed E-state index contributed by atoms with van der Waals surface area (Å²) in [7, 11) is 0. The molecule has 1 fully saturated rings. The number of aliphatic hydroxyl groups is 1. The highest BCUT2D eigenvalue weighted by Gasteiger charge is 2.31. The SMILES string of the molecule is O=C(Cn1nnc(-c2ccc(Cl)cc2)n1)NC(CCO)C1CC1. The van der Waals surface area contributed by atoms with Gasteiger partial charge in [0.2, 0.25) is 11.7 Å². The molecule has 1 aromatic carbocycles. The van der Waals surface area contributed by atoms with E-state index >= 15 is 0 Å². The summed E-state index contributed by atoms with van der Waals surface area (Å²) < 4.78 is 0. The second-order valence-electron chi connectivity index (χ2n) is 5.67. The fourth-order valence-corrected chi connectivity index (χ4v) is 2.59. The third-order valence-electron chi connectivity index (χ3n) is 3.82. The van der Waals surface area contributed by atoms with Crippen molar-refractivity contribution in [2.75, 3.05) is 6.61 Å². The van der Waals surface area contributed by atoms with Crippen LogP contribution in [0.5, 0.6) is 0 Å². The van der Waals surface area contributed by atoms with Crippen LogP contribution in [0.1, 0.15) is 19.3 Å². The summed E-state index contributed by atoms with van der Waals surface area (Å²) in [4.78, 5) is 13.3. The number of aliphatic hydroxyl groups excluding tert-OH is 1. The van der Waals surface area contributed by atoms with E-state index in [9.17, 15) is 4.79 Å². The van der Waals surface area contributed by atoms with Crippen molar-refractivity contribution in [2.45, 2.75) is 31.8 Å². The predicted molar refractivity (Wildman–Crippen MR) is 84.6 cm³/mol. The van der Waals surface area contributed by atoms with E-state index in [1.165, 1.54) is 4.80 Å². The van der Waals surface area contributed by atoms with Crippen molar-refractivity contribution in [3.63, 3.8) is 0 Å². The first-order valence-electron chi connectivity index (χ1n) is 7.59. The second kappa shape index (κ2) is 7.06. The van der Waals surface area contributed by atoms with Gasteiger partial charge in [-0.3, -0.25) is 4.79 Å². The Morgan fingerprint density at radius 2 is 2.13 bits per heavy atom. The molecule has 0 bridgehead atoms. The molecule has 0 spiro atoms. The average molecular weight is 336 g/mol. The van der Waals surface area contributed by atoms with Crippen molar-refractivity contribution in [3.05, 3.63) is 29.3 Å². The number of amides is 1. The molecule has 1 amide bonds. The van der Waals surface area contributed by atoms with E-state index in [-0.39, 0.29) is 25.1 Å². The van der Waals surface area contributed by atoms with Crippen LogP contribution in [0.25, 0.3) is 11.4 Å². The van der Waals surface area contributed by atoms with Crippen molar-refractivity contribution in [1.29, 1.82) is 0 Å². The summed E-state index contributed by atoms with van der Waals surface area (Å²) in [6, 6.07) is 7.13. The van der Waals surface area contributed by atoms with Crippen LogP contribution in [0.3, 0.4) is 0 Å². The molecule has 1 unspecified atom stereocenters. The van der Waals surface area contributed by atoms with E-state index in [2.05, 4.69) is 20.7 Å². The van der Waals surface area contributed by atoms with Gasteiger partial charge >= 0.3 is 0 Å². The minimum atomic E-state index is -0.171. The molecule has 8 heteroatoms. The summed E-state index contributed by atoms with van der Waals surface area (Å²) in [6.07, 6.45) is 2.79. The summed E-state index contributed by atoms with van der Waals surface area (Å²) in [5.74, 6) is 0.762. The fourth-order valence-electron chi connectivity index (χ4n) is 2.47. The number of nitrogens with zero attached hydrogens (tertiary/aromatic N) is 4. The van der Waals surface area contributed by atoms with E-state index < -0.39 is 0 Å². The van der Waals surface area contributed by atoms with Crippen LogP contribution < -0.4 is 5.32 Å². The van der Waals surface area contributed by atoms with Crippen LogP contribution in [0.15, 0.2) is 24.3 Å². The molecule has 1 aliphatic rings. The van der Waals surface area contributed by atoms with Gasteiger partial charge in [0.05, 0.1) is 0 Å². The third-order valence-corrected chi connectivity index (χ3v) is 4.07. The summed E-state index contributed by atoms with van der Waals surface area (Å²) in [5, 5.41) is 24.7. The normalized spacial score (nSPS) is 15.4. The van der Waals surface area contributed by atoms with Gasteiger partial charge in [-0.1, -0.05) is 11.6 Å². The molecule has 2 N–H and O–H groups in total. The zero-order valence-corrected chi connectivity index (χ0v) is 13.3. The van der Waals surface area contributed by atoms with E-state index in [0.29, 0.717) is 23.2 Å². The van der Waals surface area contributed by atoms with Crippen molar-refractivity contribution < 1.29 is 9.90 Å². The van der Waals surface area contributed by atoms with Crippen LogP contribution in [0, 0.1) is 5.92 Å². The molecule has 2 aromatic rings. The number of hydrogen-bond donors (Lipinski definition) is 2. The van der Waals surface area contributed by atoms with Gasteiger partial charge in [0, 0.05) is 23.2 Å². The minimum Gasteiger partial charge on any atom is -0.396 e. The zero-order chi connectivity index (χ0) is 16.2. The molecule has 1 heterocycles. The number of carbonyl (C=O) groups excluding carboxylic acids is 1. The number of carbonyl (C=O) groups is 1. The van der Waals surface area contributed by atoms with Crippen LogP contribution in [-0.2, 0) is 11.3 Å². The molecule has 122 valence electrons. The molecular weight excluding hydrogens is 318 g/mol. The maximum absolute atomic E-state index is 12.1. The van der Waals surface area contributed by atoms with Gasteiger partial charge in [-0.15, -0.1) is 10.2 Å². The van der Waals surface area contributed by atoms with Gasteiger partial charge in [-0.25, -0.2) is 0 Å². The average Bonchev–Trinajstić information content (AvgIpc) is 3.28. The smallest absolute Gasteiger partial charge is 0.243 e. The van der Waals surface area contributed by atoms with E-state index in [0.717, 1.165) is 18.4 Å². The Hall–Kier alpha value is -1.99. The topological polar surface area (TPSA) is 92.9 Å². The molecule has 1 atom stereocenters. The van der Waals surface area contributed by atoms with Crippen molar-refractivity contribution in [2.24, 2.45) is 5.92 Å². The van der Waals surface area contributed by atoms with Gasteiger partial charge in [0.1, 0.15) is 6.54 Å². The molecule has 3 rings (SSSR count). The lowest BCUT2D eigenvalue weighted by Crippen LogP contribution is -2.39. The largest absolute Gasteiger partial charge is 0.396 e. The first-order valence-corrected chi connectivity index (χ1v) is 7.97. The van der Waals surface area contributed by atoms with Crippen LogP contribution in [0.2, 0.25) is 5.02 Å². The predicted octanol–water partition coefficient (Wildman–Crippen LogP) is 1.27. The Morgan fingerprint density at radius 1 is 1.39 bits per heavy atom. The Balaban J connectivity index is 1.59. The van der Waals surface area contributed by atoms with Crippen LogP contribution in [-0.4, -0.2) is 43.9 Å². The molecule has 1 saturated carbocycles. The molecule has 1 aromatic heterocycles. The second-order valence-corrected chi connectivity index (χ2v) is 6.11. The first kappa shape index (κ1) is 15.9. The number of benzene rings is 1. The molecule has 0 radical (unpaired) electrons. The monoisotopic (exact) mass is 335 g/mol. The number of halogens is 1. The third kappa shape index (κ3) is 4.27. The highest BCUT2D eigenvalue weighted by Crippen LogP contribution is 2.33. The Labute approximate surface area is 138 Å². The quantitative estimate of drug-likeness (QED) is 0.795. The summed E-state index contributed by atoms with van der Waals surface area (Å²) in [6.45, 7) is 0.0823. The molecule has 7 nitrogen and oxygen atoms in total. The van der Waals surface area contributed by atoms with Crippen molar-refractivity contribution in [3.8, 4) is 11.4 Å². The lowest BCUT2D eigenvalue weighted by atomic mass is 10.1. The van der Waals surface area contributed by atoms with E-state index in [4.69, 9.17) is 16.7 Å². The highest BCUT2D eigenvalue weighted by molar-refractivity contribution is 6.30. The maximum Gasteiger partial charge on any atom is 0.243 e. The number of nitrogens with one attached hydrogen (secondary N) is 1. The first-order chi connectivity index (χ1) is 11.2. The van der Waals surface area contributed by atoms with Gasteiger partial charge in [-0.2, -0.15) is 4.80 Å². The minimum absolute atomic E-state index is 0.00916. The summed E-state index contributed by atoms with van der Waals surface area (Å²) >= 11 is 5.85. The molecule has 0 saturated heterocycles. The number of aromatic nitrogens is 4. The summed E-state index contributed by atoms with van der Waals surface area (Å²) in [5.41, 5.74) is 0.789. The number of rotatable bonds is 7. The maximum atomic E-state index is 12.1. The van der Waals surface area contributed by atoms with Crippen LogP contribution >= 0.6 is 11.6 Å². The van der Waals surface area contributed by atoms with Crippen molar-refractivity contribution >= 4 is 17.5 Å². The van der Waals surface area contributed by atoms with Gasteiger partial charge in [0.15, 0.2) is 0 Å². The van der Waals surface area contributed by atoms with Gasteiger partial charge < -0.3 is 10.4 Å². The fraction of sp³-hybridized carbons (Fsp3) is 0.467. The van der Waals surface area contributed by atoms with Gasteiger partial charge in [0.25, 0.3) is 0 Å². The number of hydrogen-bond acceptors (Lipinski definition) is 5. The standard InChI is InChI=1S/C15H18ClN5O2/c16-12-5-3-11(4-6-12)15-18-20-21(19-15)9-14(23)17-13(7-8-22)10-1-2-10/h3-6,10,13,22H,1-2,7-9H2,(H,17,23). The lowest BCUT2D eigenvalue weighted by molar-refractivity contribution is -0.123.